The highest BCUT2D eigenvalue weighted by Crippen LogP contribution is 2.76. The number of likely N-dealkylation sites (tertiary alicyclic amines) is 1. The molecular weight excluding hydrogens is 705 g/mol. The third-order valence-electron chi connectivity index (χ3n) is 18.6. The zero-order chi connectivity index (χ0) is 41.2. The van der Waals surface area contributed by atoms with E-state index in [-0.39, 0.29) is 69.6 Å². The molecule has 6 fully saturated rings. The molecule has 10 atom stereocenters. The van der Waals surface area contributed by atoms with Crippen LogP contribution in [0.1, 0.15) is 160 Å². The Kier molecular flexibility index (Phi) is 9.92. The van der Waals surface area contributed by atoms with E-state index in [0.29, 0.717) is 37.8 Å². The third-order valence-corrected chi connectivity index (χ3v) is 18.6. The van der Waals surface area contributed by atoms with E-state index in [1.807, 2.05) is 18.7 Å². The van der Waals surface area contributed by atoms with Crippen molar-refractivity contribution in [3.05, 3.63) is 11.1 Å². The maximum atomic E-state index is 14.4. The number of rotatable bonds is 7. The fourth-order valence-corrected chi connectivity index (χ4v) is 14.9. The summed E-state index contributed by atoms with van der Waals surface area (Å²) in [7, 11) is 0. The molecule has 0 radical (unpaired) electrons. The maximum Gasteiger partial charge on any atom is 0.309 e. The van der Waals surface area contributed by atoms with Gasteiger partial charge in [0.25, 0.3) is 0 Å². The van der Waals surface area contributed by atoms with Gasteiger partial charge in [0.05, 0.1) is 17.4 Å². The minimum atomic E-state index is -1.23. The fraction of sp³-hybridized carbons (Fsp3) is 0.851. The standard InChI is InChI=1S/C47H72N2O7/c1-27(2)35-31(50)26-47(48-39(54)43(7,8)40(55)49-23-13-12-14-24-49)22-21-45(10)28(36(35)47)15-16-33-44(9)19-18-34(42(5,6)32(44)17-20-46(33,45)11)56-38(53)30-25-29(37(51)52)41(30,3)4/h27-30,32-34H,12-26H2,1-11H3,(H,48,54)(H,51,52)/t28-,29+,30-,32+,33-,34+,44+,45-,46-,47-/m1/s1. The van der Waals surface area contributed by atoms with Gasteiger partial charge in [-0.2, -0.15) is 0 Å². The number of piperidine rings is 1. The molecule has 0 bridgehead atoms. The second kappa shape index (κ2) is 13.4. The van der Waals surface area contributed by atoms with Crippen molar-refractivity contribution < 1.29 is 33.8 Å². The summed E-state index contributed by atoms with van der Waals surface area (Å²) in [5.74, 6) is -1.19. The number of Topliss-reactive ketones (excluding diaryl/α,β-unsaturated/α-hetero) is 1. The number of ketones is 1. The van der Waals surface area contributed by atoms with E-state index >= 15 is 0 Å². The van der Waals surface area contributed by atoms with Crippen LogP contribution in [0.5, 0.6) is 0 Å². The molecule has 56 heavy (non-hydrogen) atoms. The number of nitrogens with one attached hydrogen (secondary N) is 1. The molecule has 0 aromatic heterocycles. The first kappa shape index (κ1) is 41.4. The van der Waals surface area contributed by atoms with Gasteiger partial charge in [-0.25, -0.2) is 0 Å². The van der Waals surface area contributed by atoms with Crippen LogP contribution in [0, 0.1) is 68.0 Å². The number of esters is 1. The molecule has 1 aliphatic heterocycles. The molecule has 1 heterocycles. The summed E-state index contributed by atoms with van der Waals surface area (Å²) >= 11 is 0. The number of hydrogen-bond donors (Lipinski definition) is 2. The van der Waals surface area contributed by atoms with E-state index in [2.05, 4.69) is 53.8 Å². The normalized spacial score (nSPS) is 41.4. The van der Waals surface area contributed by atoms with Gasteiger partial charge >= 0.3 is 11.9 Å². The molecule has 9 heteroatoms. The summed E-state index contributed by atoms with van der Waals surface area (Å²) in [6.07, 6.45) is 10.9. The summed E-state index contributed by atoms with van der Waals surface area (Å²) in [5, 5.41) is 13.1. The van der Waals surface area contributed by atoms with Crippen LogP contribution in [0.4, 0.5) is 0 Å². The lowest BCUT2D eigenvalue weighted by Crippen LogP contribution is -2.68. The molecule has 7 aliphatic rings. The van der Waals surface area contributed by atoms with Crippen molar-refractivity contribution in [2.24, 2.45) is 68.0 Å². The van der Waals surface area contributed by atoms with Crippen LogP contribution in [-0.4, -0.2) is 64.3 Å². The zero-order valence-electron chi connectivity index (χ0n) is 36.5. The monoisotopic (exact) mass is 777 g/mol. The highest BCUT2D eigenvalue weighted by molar-refractivity contribution is 6.06. The predicted octanol–water partition coefficient (Wildman–Crippen LogP) is 8.53. The van der Waals surface area contributed by atoms with Gasteiger partial charge in [-0.15, -0.1) is 0 Å². The lowest BCUT2D eigenvalue weighted by molar-refractivity contribution is -0.235. The van der Waals surface area contributed by atoms with E-state index in [4.69, 9.17) is 4.74 Å². The summed E-state index contributed by atoms with van der Waals surface area (Å²) in [5.41, 5.74) is -0.795. The number of carboxylic acid groups (broad SMARTS) is 1. The minimum Gasteiger partial charge on any atom is -0.481 e. The van der Waals surface area contributed by atoms with Crippen LogP contribution in [0.3, 0.4) is 0 Å². The van der Waals surface area contributed by atoms with Crippen molar-refractivity contribution >= 4 is 29.5 Å². The Morgan fingerprint density at radius 1 is 0.804 bits per heavy atom. The Morgan fingerprint density at radius 3 is 2.07 bits per heavy atom. The van der Waals surface area contributed by atoms with Crippen LogP contribution in [-0.2, 0) is 28.7 Å². The minimum absolute atomic E-state index is 0.00293. The number of carboxylic acids is 1. The predicted molar refractivity (Wildman–Crippen MR) is 215 cm³/mol. The van der Waals surface area contributed by atoms with Crippen LogP contribution in [0.15, 0.2) is 11.1 Å². The Labute approximate surface area is 336 Å². The largest absolute Gasteiger partial charge is 0.481 e. The number of aliphatic carboxylic acids is 1. The summed E-state index contributed by atoms with van der Waals surface area (Å²) in [4.78, 5) is 69.7. The molecule has 0 unspecified atom stereocenters. The van der Waals surface area contributed by atoms with Crippen molar-refractivity contribution in [1.29, 1.82) is 0 Å². The number of carbonyl (C=O) groups excluding carboxylic acids is 4. The first-order valence-corrected chi connectivity index (χ1v) is 22.2. The van der Waals surface area contributed by atoms with Crippen molar-refractivity contribution in [3.8, 4) is 0 Å². The number of hydrogen-bond acceptors (Lipinski definition) is 6. The molecule has 312 valence electrons. The van der Waals surface area contributed by atoms with Gasteiger partial charge in [0.1, 0.15) is 11.5 Å². The van der Waals surface area contributed by atoms with E-state index < -0.39 is 34.2 Å². The molecule has 6 aliphatic carbocycles. The first-order valence-electron chi connectivity index (χ1n) is 22.2. The van der Waals surface area contributed by atoms with Gasteiger partial charge in [0.2, 0.25) is 11.8 Å². The quantitative estimate of drug-likeness (QED) is 0.196. The molecule has 0 spiro atoms. The maximum absolute atomic E-state index is 14.4. The van der Waals surface area contributed by atoms with Gasteiger partial charge < -0.3 is 20.1 Å². The SMILES string of the molecule is CC(C)C1=C2[C@H]3CC[C@@H]4[C@@]5(C)CC[C@H](OC(=O)[C@H]6C[C@@H](C(=O)O)C6(C)C)C(C)(C)[C@@H]5CC[C@@]4(C)[C@]3(C)CC[C@@]2(NC(=O)C(C)(C)C(=O)N2CCCCC2)CC1=O. The van der Waals surface area contributed by atoms with Gasteiger partial charge in [-0.3, -0.25) is 24.0 Å². The number of fused-ring (bicyclic) bond motifs is 7. The average Bonchev–Trinajstić information content (AvgIpc) is 3.40. The number of allylic oxidation sites excluding steroid dienone is 1. The molecule has 7 rings (SSSR count). The molecule has 2 amide bonds. The molecule has 5 saturated carbocycles. The lowest BCUT2D eigenvalue weighted by Gasteiger charge is -2.72. The molecule has 1 saturated heterocycles. The Hall–Kier alpha value is -2.71. The fourth-order valence-electron chi connectivity index (χ4n) is 14.9. The van der Waals surface area contributed by atoms with Crippen molar-refractivity contribution in [1.82, 2.24) is 10.2 Å². The Balaban J connectivity index is 1.15. The second-order valence-corrected chi connectivity index (χ2v) is 22.5. The second-order valence-electron chi connectivity index (χ2n) is 22.5. The van der Waals surface area contributed by atoms with Gasteiger partial charge in [-0.05, 0) is 147 Å². The number of amides is 2. The van der Waals surface area contributed by atoms with E-state index in [0.717, 1.165) is 69.8 Å². The van der Waals surface area contributed by atoms with E-state index in [1.54, 1.807) is 13.8 Å². The Morgan fingerprint density at radius 2 is 1.46 bits per heavy atom. The van der Waals surface area contributed by atoms with Crippen LogP contribution >= 0.6 is 0 Å². The molecular formula is C47H72N2O7. The van der Waals surface area contributed by atoms with Crippen molar-refractivity contribution in [2.75, 3.05) is 13.1 Å². The van der Waals surface area contributed by atoms with Crippen LogP contribution < -0.4 is 5.32 Å². The summed E-state index contributed by atoms with van der Waals surface area (Å²) in [6, 6.07) is 0. The number of ether oxygens (including phenoxy) is 1. The average molecular weight is 777 g/mol. The molecule has 0 aromatic carbocycles. The van der Waals surface area contributed by atoms with Crippen molar-refractivity contribution in [3.63, 3.8) is 0 Å². The smallest absolute Gasteiger partial charge is 0.309 e. The summed E-state index contributed by atoms with van der Waals surface area (Å²) < 4.78 is 6.41. The molecule has 2 N–H and O–H groups in total. The van der Waals surface area contributed by atoms with E-state index in [1.165, 1.54) is 5.57 Å². The van der Waals surface area contributed by atoms with E-state index in [9.17, 15) is 29.1 Å². The lowest BCUT2D eigenvalue weighted by atomic mass is 9.33. The first-order chi connectivity index (χ1) is 25.9. The molecule has 9 nitrogen and oxygen atoms in total. The van der Waals surface area contributed by atoms with Crippen LogP contribution in [0.2, 0.25) is 0 Å². The van der Waals surface area contributed by atoms with Gasteiger partial charge in [-0.1, -0.05) is 62.3 Å². The van der Waals surface area contributed by atoms with Gasteiger partial charge in [0, 0.05) is 24.9 Å². The topological polar surface area (TPSA) is 130 Å². The number of carbonyl (C=O) groups is 5. The van der Waals surface area contributed by atoms with Crippen molar-refractivity contribution in [2.45, 2.75) is 171 Å². The van der Waals surface area contributed by atoms with Crippen LogP contribution in [0.25, 0.3) is 0 Å². The Bertz CT molecular complexity index is 1720. The highest BCUT2D eigenvalue weighted by Gasteiger charge is 2.71. The third kappa shape index (κ3) is 5.74. The molecule has 0 aromatic rings. The zero-order valence-corrected chi connectivity index (χ0v) is 36.5. The summed E-state index contributed by atoms with van der Waals surface area (Å²) in [6.45, 7) is 25.1. The number of nitrogens with zero attached hydrogens (tertiary/aromatic N) is 1. The highest BCUT2D eigenvalue weighted by atomic mass is 16.5. The van der Waals surface area contributed by atoms with Gasteiger partial charge in [0.15, 0.2) is 5.78 Å².